The third-order valence-corrected chi connectivity index (χ3v) is 8.93. The van der Waals surface area contributed by atoms with Crippen molar-refractivity contribution in [2.45, 2.75) is 50.0 Å². The molecule has 2 saturated carbocycles. The number of imidazole rings is 1. The molecule has 3 aromatic heterocycles. The van der Waals surface area contributed by atoms with E-state index in [-0.39, 0.29) is 5.91 Å². The minimum atomic E-state index is -0.992. The third-order valence-electron chi connectivity index (χ3n) is 8.93. The number of benzene rings is 2. The number of fused-ring (bicyclic) bond motifs is 2. The number of carboxylic acids is 1. The summed E-state index contributed by atoms with van der Waals surface area (Å²) in [6.45, 7) is 0. The second kappa shape index (κ2) is 9.94. The van der Waals surface area contributed by atoms with E-state index in [1.54, 1.807) is 18.5 Å². The Labute approximate surface area is 242 Å². The van der Waals surface area contributed by atoms with Gasteiger partial charge in [0.1, 0.15) is 11.5 Å². The van der Waals surface area contributed by atoms with Gasteiger partial charge >= 0.3 is 5.97 Å². The summed E-state index contributed by atoms with van der Waals surface area (Å²) in [5.74, 6) is 0.154. The SMILES string of the molecule is Cn1c(C2(NC(=O)c3ccc4c(C5CCCC5)c(-c5cnccn5)n(C)c4c3)CC2)nc2ccc(C=CC(=O)O)cc21. The molecule has 0 aliphatic heterocycles. The van der Waals surface area contributed by atoms with Gasteiger partial charge in [0.2, 0.25) is 0 Å². The third kappa shape index (κ3) is 4.36. The molecular formula is C33H32N6O3. The van der Waals surface area contributed by atoms with Gasteiger partial charge in [-0.05, 0) is 73.1 Å². The Hall–Kier alpha value is -4.79. The maximum absolute atomic E-state index is 13.7. The van der Waals surface area contributed by atoms with Gasteiger partial charge in [0, 0.05) is 49.0 Å². The molecule has 2 aliphatic carbocycles. The molecule has 0 radical (unpaired) electrons. The zero-order chi connectivity index (χ0) is 29.0. The molecule has 0 atom stereocenters. The fourth-order valence-electron chi connectivity index (χ4n) is 6.69. The molecule has 7 rings (SSSR count). The van der Waals surface area contributed by atoms with Crippen molar-refractivity contribution in [1.29, 1.82) is 0 Å². The lowest BCUT2D eigenvalue weighted by atomic mass is 9.93. The fourth-order valence-corrected chi connectivity index (χ4v) is 6.69. The van der Waals surface area contributed by atoms with Crippen LogP contribution in [-0.2, 0) is 24.4 Å². The molecule has 212 valence electrons. The van der Waals surface area contributed by atoms with Crippen LogP contribution in [0.15, 0.2) is 61.1 Å². The van der Waals surface area contributed by atoms with E-state index >= 15 is 0 Å². The smallest absolute Gasteiger partial charge is 0.328 e. The van der Waals surface area contributed by atoms with Crippen LogP contribution >= 0.6 is 0 Å². The Morgan fingerprint density at radius 3 is 2.55 bits per heavy atom. The molecule has 2 N–H and O–H groups in total. The molecule has 0 unspecified atom stereocenters. The number of hydrogen-bond donors (Lipinski definition) is 2. The maximum atomic E-state index is 13.7. The quantitative estimate of drug-likeness (QED) is 0.247. The first-order valence-electron chi connectivity index (χ1n) is 14.4. The van der Waals surface area contributed by atoms with Crippen LogP contribution in [0.25, 0.3) is 39.4 Å². The summed E-state index contributed by atoms with van der Waals surface area (Å²) >= 11 is 0. The molecule has 2 fully saturated rings. The molecule has 0 spiro atoms. The largest absolute Gasteiger partial charge is 0.478 e. The molecule has 0 bridgehead atoms. The van der Waals surface area contributed by atoms with Gasteiger partial charge in [0.05, 0.1) is 28.5 Å². The van der Waals surface area contributed by atoms with Gasteiger partial charge in [-0.3, -0.25) is 14.8 Å². The molecule has 2 aromatic carbocycles. The van der Waals surface area contributed by atoms with Crippen molar-refractivity contribution in [1.82, 2.24) is 29.4 Å². The summed E-state index contributed by atoms with van der Waals surface area (Å²) in [7, 11) is 3.99. The number of amides is 1. The number of carbonyl (C=O) groups excluding carboxylic acids is 1. The minimum absolute atomic E-state index is 0.129. The van der Waals surface area contributed by atoms with Crippen molar-refractivity contribution >= 4 is 39.9 Å². The summed E-state index contributed by atoms with van der Waals surface area (Å²) in [6.07, 6.45) is 14.3. The van der Waals surface area contributed by atoms with E-state index < -0.39 is 11.5 Å². The number of rotatable bonds is 7. The normalized spacial score (nSPS) is 16.5. The second-order valence-electron chi connectivity index (χ2n) is 11.6. The molecule has 2 aliphatic rings. The van der Waals surface area contributed by atoms with Crippen LogP contribution in [0.1, 0.15) is 71.8 Å². The van der Waals surface area contributed by atoms with Gasteiger partial charge < -0.3 is 19.6 Å². The Kier molecular flexibility index (Phi) is 6.18. The summed E-state index contributed by atoms with van der Waals surface area (Å²) < 4.78 is 4.17. The molecular weight excluding hydrogens is 528 g/mol. The van der Waals surface area contributed by atoms with E-state index in [0.717, 1.165) is 71.1 Å². The standard InChI is InChI=1S/C33H32N6O3/c1-38-26-18-22(9-10-23(26)29(21-5-3-4-6-21)30(38)25-19-34-15-16-35-25)31(42)37-33(13-14-33)32-36-24-11-7-20(8-12-28(40)41)17-27(24)39(32)2/h7-12,15-19,21H,3-6,13-14H2,1-2H3,(H,37,42)(H,40,41). The number of hydrogen-bond acceptors (Lipinski definition) is 5. The topological polar surface area (TPSA) is 115 Å². The van der Waals surface area contributed by atoms with E-state index in [2.05, 4.69) is 25.9 Å². The highest BCUT2D eigenvalue weighted by Gasteiger charge is 2.49. The van der Waals surface area contributed by atoms with Crippen molar-refractivity contribution in [3.05, 3.63) is 83.6 Å². The van der Waals surface area contributed by atoms with Crippen molar-refractivity contribution in [2.24, 2.45) is 14.1 Å². The van der Waals surface area contributed by atoms with Crippen LogP contribution < -0.4 is 5.32 Å². The van der Waals surface area contributed by atoms with Crippen molar-refractivity contribution in [2.75, 3.05) is 0 Å². The first-order valence-corrected chi connectivity index (χ1v) is 14.4. The van der Waals surface area contributed by atoms with Crippen LogP contribution in [0, 0.1) is 0 Å². The Bertz CT molecular complexity index is 1890. The number of aryl methyl sites for hydroxylation is 2. The van der Waals surface area contributed by atoms with Crippen molar-refractivity contribution < 1.29 is 14.7 Å². The number of aromatic nitrogens is 5. The average molecular weight is 561 g/mol. The first kappa shape index (κ1) is 26.1. The molecule has 9 heteroatoms. The van der Waals surface area contributed by atoms with Gasteiger partial charge in [-0.1, -0.05) is 25.0 Å². The van der Waals surface area contributed by atoms with Crippen LogP contribution in [0.2, 0.25) is 0 Å². The molecule has 42 heavy (non-hydrogen) atoms. The Morgan fingerprint density at radius 1 is 1.02 bits per heavy atom. The summed E-state index contributed by atoms with van der Waals surface area (Å²) in [6, 6.07) is 11.7. The fraction of sp³-hybridized carbons (Fsp3) is 0.303. The van der Waals surface area contributed by atoms with E-state index in [0.29, 0.717) is 11.5 Å². The van der Waals surface area contributed by atoms with E-state index in [1.807, 2.05) is 55.2 Å². The Morgan fingerprint density at radius 2 is 1.83 bits per heavy atom. The lowest BCUT2D eigenvalue weighted by Gasteiger charge is -2.17. The van der Waals surface area contributed by atoms with Gasteiger partial charge in [-0.15, -0.1) is 0 Å². The zero-order valence-corrected chi connectivity index (χ0v) is 23.7. The van der Waals surface area contributed by atoms with Gasteiger partial charge in [0.25, 0.3) is 5.91 Å². The van der Waals surface area contributed by atoms with Crippen LogP contribution in [0.5, 0.6) is 0 Å². The number of aliphatic carboxylic acids is 1. The molecule has 0 saturated heterocycles. The monoisotopic (exact) mass is 560 g/mol. The number of carboxylic acid groups (broad SMARTS) is 1. The molecule has 5 aromatic rings. The highest BCUT2D eigenvalue weighted by atomic mass is 16.4. The second-order valence-corrected chi connectivity index (χ2v) is 11.6. The van der Waals surface area contributed by atoms with Gasteiger partial charge in [-0.2, -0.15) is 0 Å². The predicted molar refractivity (Wildman–Crippen MR) is 161 cm³/mol. The van der Waals surface area contributed by atoms with Crippen LogP contribution in [0.4, 0.5) is 0 Å². The van der Waals surface area contributed by atoms with E-state index in [1.165, 1.54) is 23.8 Å². The van der Waals surface area contributed by atoms with Crippen LogP contribution in [0.3, 0.4) is 0 Å². The first-order chi connectivity index (χ1) is 20.3. The minimum Gasteiger partial charge on any atom is -0.478 e. The molecule has 9 nitrogen and oxygen atoms in total. The van der Waals surface area contributed by atoms with Crippen molar-refractivity contribution in [3.8, 4) is 11.4 Å². The van der Waals surface area contributed by atoms with Crippen molar-refractivity contribution in [3.63, 3.8) is 0 Å². The van der Waals surface area contributed by atoms with Gasteiger partial charge in [-0.25, -0.2) is 9.78 Å². The maximum Gasteiger partial charge on any atom is 0.328 e. The highest BCUT2D eigenvalue weighted by Crippen LogP contribution is 2.47. The average Bonchev–Trinajstić information content (AvgIpc) is 3.30. The number of nitrogens with zero attached hydrogens (tertiary/aromatic N) is 5. The lowest BCUT2D eigenvalue weighted by molar-refractivity contribution is -0.131. The highest BCUT2D eigenvalue weighted by molar-refractivity contribution is 6.01. The van der Waals surface area contributed by atoms with Gasteiger partial charge in [0.15, 0.2) is 0 Å². The zero-order valence-electron chi connectivity index (χ0n) is 23.7. The molecule has 1 amide bonds. The Balaban J connectivity index is 1.23. The van der Waals surface area contributed by atoms with E-state index in [4.69, 9.17) is 10.1 Å². The van der Waals surface area contributed by atoms with E-state index in [9.17, 15) is 9.59 Å². The number of nitrogens with one attached hydrogen (secondary N) is 1. The predicted octanol–water partition coefficient (Wildman–Crippen LogP) is 5.70. The summed E-state index contributed by atoms with van der Waals surface area (Å²) in [4.78, 5) is 38.5. The van der Waals surface area contributed by atoms with Crippen LogP contribution in [-0.4, -0.2) is 41.1 Å². The molecule has 3 heterocycles. The number of carbonyl (C=O) groups is 2. The lowest BCUT2D eigenvalue weighted by Crippen LogP contribution is -2.36. The summed E-state index contributed by atoms with van der Waals surface area (Å²) in [5, 5.41) is 13.5. The summed E-state index contributed by atoms with van der Waals surface area (Å²) in [5.41, 5.74) is 6.81.